The Hall–Kier alpha value is -1.17. The molecule has 0 saturated carbocycles. The van der Waals surface area contributed by atoms with E-state index in [0.29, 0.717) is 11.1 Å². The lowest BCUT2D eigenvalue weighted by molar-refractivity contribution is -0.118. The number of hydrogen-bond acceptors (Lipinski definition) is 3. The van der Waals surface area contributed by atoms with Gasteiger partial charge in [-0.3, -0.25) is 9.69 Å². The Morgan fingerprint density at radius 2 is 2.42 bits per heavy atom. The SMILES string of the molecule is C[C@H]1CNCCN1CC(=O)Nc1cc(Cl)ccc1F. The lowest BCUT2D eigenvalue weighted by Gasteiger charge is -2.33. The van der Waals surface area contributed by atoms with Gasteiger partial charge >= 0.3 is 0 Å². The summed E-state index contributed by atoms with van der Waals surface area (Å²) in [5.74, 6) is -0.707. The molecule has 0 aliphatic carbocycles. The van der Waals surface area contributed by atoms with Crippen molar-refractivity contribution in [3.63, 3.8) is 0 Å². The van der Waals surface area contributed by atoms with E-state index in [-0.39, 0.29) is 18.1 Å². The summed E-state index contributed by atoms with van der Waals surface area (Å²) in [5, 5.41) is 6.21. The normalized spacial score (nSPS) is 20.3. The van der Waals surface area contributed by atoms with Crippen molar-refractivity contribution in [3.05, 3.63) is 29.0 Å². The first kappa shape index (κ1) is 14.2. The van der Waals surface area contributed by atoms with Gasteiger partial charge in [-0.2, -0.15) is 0 Å². The molecule has 1 saturated heterocycles. The van der Waals surface area contributed by atoms with E-state index in [1.807, 2.05) is 0 Å². The summed E-state index contributed by atoms with van der Waals surface area (Å²) in [6.45, 7) is 4.85. The fourth-order valence-corrected chi connectivity index (χ4v) is 2.26. The fraction of sp³-hybridized carbons (Fsp3) is 0.462. The molecule has 1 aliphatic rings. The van der Waals surface area contributed by atoms with Gasteiger partial charge in [0.1, 0.15) is 5.82 Å². The van der Waals surface area contributed by atoms with Gasteiger partial charge < -0.3 is 10.6 Å². The Balaban J connectivity index is 1.95. The van der Waals surface area contributed by atoms with Crippen molar-refractivity contribution in [2.75, 3.05) is 31.5 Å². The second-order valence-electron chi connectivity index (χ2n) is 4.70. The Bertz CT molecular complexity index is 469. The maximum atomic E-state index is 13.5. The zero-order chi connectivity index (χ0) is 13.8. The van der Waals surface area contributed by atoms with Crippen molar-refractivity contribution < 1.29 is 9.18 Å². The molecule has 1 aromatic rings. The van der Waals surface area contributed by atoms with Crippen LogP contribution in [0.5, 0.6) is 0 Å². The molecule has 2 rings (SSSR count). The van der Waals surface area contributed by atoms with Crippen LogP contribution in [0.15, 0.2) is 18.2 Å². The van der Waals surface area contributed by atoms with E-state index in [0.717, 1.165) is 19.6 Å². The number of carbonyl (C=O) groups is 1. The highest BCUT2D eigenvalue weighted by Crippen LogP contribution is 2.19. The number of nitrogens with zero attached hydrogens (tertiary/aromatic N) is 1. The second-order valence-corrected chi connectivity index (χ2v) is 5.13. The van der Waals surface area contributed by atoms with Crippen molar-refractivity contribution in [1.82, 2.24) is 10.2 Å². The standard InChI is InChI=1S/C13H17ClFN3O/c1-9-7-16-4-5-18(9)8-13(19)17-12-6-10(14)2-3-11(12)15/h2-3,6,9,16H,4-5,7-8H2,1H3,(H,17,19)/t9-/m0/s1. The van der Waals surface area contributed by atoms with Gasteiger partial charge in [0.05, 0.1) is 12.2 Å². The fourth-order valence-electron chi connectivity index (χ4n) is 2.09. The molecule has 1 atom stereocenters. The lowest BCUT2D eigenvalue weighted by Crippen LogP contribution is -2.52. The summed E-state index contributed by atoms with van der Waals surface area (Å²) in [6, 6.07) is 4.40. The van der Waals surface area contributed by atoms with Crippen LogP contribution in [-0.4, -0.2) is 43.0 Å². The maximum Gasteiger partial charge on any atom is 0.238 e. The predicted molar refractivity (Wildman–Crippen MR) is 73.9 cm³/mol. The molecule has 0 unspecified atom stereocenters. The number of halogens is 2. The summed E-state index contributed by atoms with van der Waals surface area (Å²) in [4.78, 5) is 14.0. The first-order valence-electron chi connectivity index (χ1n) is 6.26. The molecular weight excluding hydrogens is 269 g/mol. The van der Waals surface area contributed by atoms with Crippen molar-refractivity contribution in [2.24, 2.45) is 0 Å². The van der Waals surface area contributed by atoms with Gasteiger partial charge in [-0.1, -0.05) is 11.6 Å². The summed E-state index contributed by atoms with van der Waals surface area (Å²) in [6.07, 6.45) is 0. The van der Waals surface area contributed by atoms with Gasteiger partial charge in [0, 0.05) is 30.7 Å². The Kier molecular flexibility index (Phi) is 4.74. The molecule has 104 valence electrons. The van der Waals surface area contributed by atoms with Crippen molar-refractivity contribution in [2.45, 2.75) is 13.0 Å². The molecule has 6 heteroatoms. The number of hydrogen-bond donors (Lipinski definition) is 2. The maximum absolute atomic E-state index is 13.5. The topological polar surface area (TPSA) is 44.4 Å². The van der Waals surface area contributed by atoms with Crippen LogP contribution in [0.25, 0.3) is 0 Å². The van der Waals surface area contributed by atoms with E-state index in [1.54, 1.807) is 0 Å². The van der Waals surface area contributed by atoms with Crippen LogP contribution < -0.4 is 10.6 Å². The van der Waals surface area contributed by atoms with Crippen molar-refractivity contribution in [1.29, 1.82) is 0 Å². The number of benzene rings is 1. The van der Waals surface area contributed by atoms with E-state index in [9.17, 15) is 9.18 Å². The largest absolute Gasteiger partial charge is 0.322 e. The van der Waals surface area contributed by atoms with Gasteiger partial charge in [0.2, 0.25) is 5.91 Å². The Morgan fingerprint density at radius 1 is 1.63 bits per heavy atom. The van der Waals surface area contributed by atoms with Gasteiger partial charge in [-0.15, -0.1) is 0 Å². The zero-order valence-electron chi connectivity index (χ0n) is 10.7. The number of anilines is 1. The van der Waals surface area contributed by atoms with Gasteiger partial charge in [-0.05, 0) is 25.1 Å². The molecule has 4 nitrogen and oxygen atoms in total. The van der Waals surface area contributed by atoms with E-state index in [1.165, 1.54) is 18.2 Å². The third-order valence-corrected chi connectivity index (χ3v) is 3.42. The van der Waals surface area contributed by atoms with Crippen LogP contribution >= 0.6 is 11.6 Å². The Morgan fingerprint density at radius 3 is 3.16 bits per heavy atom. The molecule has 0 aromatic heterocycles. The molecule has 1 amide bonds. The predicted octanol–water partition coefficient (Wildman–Crippen LogP) is 1.71. The molecule has 2 N–H and O–H groups in total. The average molecular weight is 286 g/mol. The van der Waals surface area contributed by atoms with Gasteiger partial charge in [0.15, 0.2) is 0 Å². The highest BCUT2D eigenvalue weighted by atomic mass is 35.5. The second kappa shape index (κ2) is 6.32. The monoisotopic (exact) mass is 285 g/mol. The molecule has 0 bridgehead atoms. The molecular formula is C13H17ClFN3O. The molecule has 0 radical (unpaired) electrons. The van der Waals surface area contributed by atoms with Crippen molar-refractivity contribution in [3.8, 4) is 0 Å². The van der Waals surface area contributed by atoms with Crippen molar-refractivity contribution >= 4 is 23.2 Å². The van der Waals surface area contributed by atoms with Crippen LogP contribution in [0.3, 0.4) is 0 Å². The molecule has 1 aromatic carbocycles. The quantitative estimate of drug-likeness (QED) is 0.889. The minimum Gasteiger partial charge on any atom is -0.322 e. The van der Waals surface area contributed by atoms with E-state index in [4.69, 9.17) is 11.6 Å². The summed E-state index contributed by atoms with van der Waals surface area (Å²) < 4.78 is 13.5. The Labute approximate surface area is 116 Å². The minimum absolute atomic E-state index is 0.125. The highest BCUT2D eigenvalue weighted by molar-refractivity contribution is 6.30. The minimum atomic E-state index is -0.480. The smallest absolute Gasteiger partial charge is 0.238 e. The number of rotatable bonds is 3. The highest BCUT2D eigenvalue weighted by Gasteiger charge is 2.20. The summed E-state index contributed by atoms with van der Waals surface area (Å²) >= 11 is 5.78. The number of nitrogens with one attached hydrogen (secondary N) is 2. The van der Waals surface area contributed by atoms with Crippen LogP contribution in [0.2, 0.25) is 5.02 Å². The van der Waals surface area contributed by atoms with Crippen LogP contribution in [-0.2, 0) is 4.79 Å². The summed E-state index contributed by atoms with van der Waals surface area (Å²) in [7, 11) is 0. The third kappa shape index (κ3) is 3.89. The third-order valence-electron chi connectivity index (χ3n) is 3.19. The average Bonchev–Trinajstić information content (AvgIpc) is 2.37. The van der Waals surface area contributed by atoms with Gasteiger partial charge in [0.25, 0.3) is 0 Å². The van der Waals surface area contributed by atoms with Crippen LogP contribution in [0.4, 0.5) is 10.1 Å². The molecule has 1 aliphatic heterocycles. The summed E-state index contributed by atoms with van der Waals surface area (Å²) in [5.41, 5.74) is 0.125. The van der Waals surface area contributed by atoms with Crippen LogP contribution in [0, 0.1) is 5.82 Å². The lowest BCUT2D eigenvalue weighted by atomic mass is 10.2. The molecule has 1 heterocycles. The zero-order valence-corrected chi connectivity index (χ0v) is 11.5. The first-order valence-corrected chi connectivity index (χ1v) is 6.64. The van der Waals surface area contributed by atoms with E-state index in [2.05, 4.69) is 22.5 Å². The van der Waals surface area contributed by atoms with Crippen LogP contribution in [0.1, 0.15) is 6.92 Å². The molecule has 0 spiro atoms. The number of carbonyl (C=O) groups excluding carboxylic acids is 1. The van der Waals surface area contributed by atoms with E-state index < -0.39 is 5.82 Å². The number of piperazine rings is 1. The molecule has 19 heavy (non-hydrogen) atoms. The first-order chi connectivity index (χ1) is 9.06. The van der Waals surface area contributed by atoms with E-state index >= 15 is 0 Å². The van der Waals surface area contributed by atoms with Gasteiger partial charge in [-0.25, -0.2) is 4.39 Å². The number of amides is 1. The molecule has 1 fully saturated rings.